The van der Waals surface area contributed by atoms with Crippen molar-refractivity contribution in [3.05, 3.63) is 53.9 Å². The zero-order chi connectivity index (χ0) is 17.8. The Labute approximate surface area is 149 Å². The summed E-state index contributed by atoms with van der Waals surface area (Å²) in [6.45, 7) is 5.35. The van der Waals surface area contributed by atoms with E-state index in [4.69, 9.17) is 4.42 Å². The molecular formula is C18H16N4O2S. The van der Waals surface area contributed by atoms with E-state index < -0.39 is 0 Å². The average Bonchev–Trinajstić information content (AvgIpc) is 3.00. The van der Waals surface area contributed by atoms with Crippen LogP contribution in [0.25, 0.3) is 11.0 Å². The number of hydrogen-bond acceptors (Lipinski definition) is 5. The molecule has 25 heavy (non-hydrogen) atoms. The van der Waals surface area contributed by atoms with E-state index in [1.165, 1.54) is 18.0 Å². The molecule has 3 rings (SSSR count). The van der Waals surface area contributed by atoms with Gasteiger partial charge in [0.25, 0.3) is 5.91 Å². The predicted molar refractivity (Wildman–Crippen MR) is 101 cm³/mol. The molecule has 0 fully saturated rings. The Bertz CT molecular complexity index is 961. The van der Waals surface area contributed by atoms with Crippen molar-refractivity contribution in [2.24, 2.45) is 9.98 Å². The summed E-state index contributed by atoms with van der Waals surface area (Å²) in [7, 11) is 0. The number of hydrogen-bond donors (Lipinski definition) is 1. The first-order valence-corrected chi connectivity index (χ1v) is 8.68. The van der Waals surface area contributed by atoms with E-state index >= 15 is 0 Å². The van der Waals surface area contributed by atoms with E-state index in [2.05, 4.69) is 27.0 Å². The molecule has 3 aromatic rings. The number of nitrogens with zero attached hydrogens (tertiary/aromatic N) is 3. The molecule has 2 heterocycles. The molecule has 1 amide bonds. The largest absolute Gasteiger partial charge is 0.461 e. The number of aliphatic imine (C=N–C) groups is 2. The zero-order valence-corrected chi connectivity index (χ0v) is 14.6. The first-order chi connectivity index (χ1) is 12.1. The minimum Gasteiger partial charge on any atom is -0.461 e. The second kappa shape index (κ2) is 7.31. The molecule has 0 saturated heterocycles. The number of thioether (sulfide) groups is 1. The molecule has 0 unspecified atom stereocenters. The fourth-order valence-corrected chi connectivity index (χ4v) is 2.63. The van der Waals surface area contributed by atoms with Gasteiger partial charge in [-0.15, -0.1) is 11.8 Å². The minimum atomic E-state index is -0.341. The highest BCUT2D eigenvalue weighted by Gasteiger charge is 2.09. The summed E-state index contributed by atoms with van der Waals surface area (Å²) in [5.74, 6) is 0.609. The lowest BCUT2D eigenvalue weighted by molar-refractivity contribution is 0.0976. The Kier molecular flexibility index (Phi) is 4.95. The zero-order valence-electron chi connectivity index (χ0n) is 13.8. The van der Waals surface area contributed by atoms with Crippen molar-refractivity contribution in [3.63, 3.8) is 0 Å². The standard InChI is InChI=1S/C18H16N4O2S/c1-11-8-13-9-14(5-6-15(13)24-11)21-18(19-2)22-17(23)12-4-7-16(25-3)20-10-12/h4-10H,2H2,1,3H3,(H,21,22,23). The fraction of sp³-hybridized carbons (Fsp3) is 0.111. The molecule has 1 aromatic carbocycles. The van der Waals surface area contributed by atoms with E-state index in [0.717, 1.165) is 21.8 Å². The molecule has 0 spiro atoms. The van der Waals surface area contributed by atoms with Gasteiger partial charge < -0.3 is 4.42 Å². The minimum absolute atomic E-state index is 0.124. The molecule has 0 aliphatic rings. The summed E-state index contributed by atoms with van der Waals surface area (Å²) >= 11 is 1.51. The normalized spacial score (nSPS) is 11.5. The molecule has 0 saturated carbocycles. The number of furan rings is 1. The van der Waals surface area contributed by atoms with Gasteiger partial charge in [0, 0.05) is 11.6 Å². The van der Waals surface area contributed by atoms with Gasteiger partial charge in [-0.3, -0.25) is 10.1 Å². The second-order valence-corrected chi connectivity index (χ2v) is 6.04. The Morgan fingerprint density at radius 3 is 2.80 bits per heavy atom. The van der Waals surface area contributed by atoms with Crippen LogP contribution >= 0.6 is 11.8 Å². The average molecular weight is 352 g/mol. The van der Waals surface area contributed by atoms with E-state index in [1.54, 1.807) is 18.2 Å². The molecule has 126 valence electrons. The molecule has 2 aromatic heterocycles. The summed E-state index contributed by atoms with van der Waals surface area (Å²) in [6, 6.07) is 10.9. The smallest absolute Gasteiger partial charge is 0.259 e. The third kappa shape index (κ3) is 3.95. The predicted octanol–water partition coefficient (Wildman–Crippen LogP) is 3.98. The maximum absolute atomic E-state index is 12.3. The molecule has 0 aliphatic carbocycles. The van der Waals surface area contributed by atoms with E-state index in [1.807, 2.05) is 31.4 Å². The molecule has 0 aliphatic heterocycles. The number of pyridine rings is 1. The van der Waals surface area contributed by atoms with Crippen molar-refractivity contribution in [2.75, 3.05) is 6.26 Å². The van der Waals surface area contributed by atoms with Crippen molar-refractivity contribution in [3.8, 4) is 0 Å². The summed E-state index contributed by atoms with van der Waals surface area (Å²) < 4.78 is 5.53. The van der Waals surface area contributed by atoms with Crippen molar-refractivity contribution >= 4 is 47.0 Å². The van der Waals surface area contributed by atoms with Crippen LogP contribution in [0.4, 0.5) is 5.69 Å². The quantitative estimate of drug-likeness (QED) is 0.439. The summed E-state index contributed by atoms with van der Waals surface area (Å²) in [6.07, 6.45) is 3.44. The number of carbonyl (C=O) groups excluding carboxylic acids is 1. The number of amides is 1. The van der Waals surface area contributed by atoms with Gasteiger partial charge in [-0.25, -0.2) is 15.0 Å². The number of nitrogens with one attached hydrogen (secondary N) is 1. The van der Waals surface area contributed by atoms with Crippen molar-refractivity contribution < 1.29 is 9.21 Å². The fourth-order valence-electron chi connectivity index (χ4n) is 2.27. The maximum Gasteiger partial charge on any atom is 0.259 e. The topological polar surface area (TPSA) is 79.9 Å². The van der Waals surface area contributed by atoms with Crippen molar-refractivity contribution in [1.82, 2.24) is 10.3 Å². The Hall–Kier alpha value is -2.93. The number of carbonyl (C=O) groups is 1. The van der Waals surface area contributed by atoms with Crippen LogP contribution < -0.4 is 5.32 Å². The number of guanidine groups is 1. The lowest BCUT2D eigenvalue weighted by Crippen LogP contribution is -2.29. The highest BCUT2D eigenvalue weighted by atomic mass is 32.2. The van der Waals surface area contributed by atoms with Crippen LogP contribution in [0.3, 0.4) is 0 Å². The van der Waals surface area contributed by atoms with Gasteiger partial charge in [0.2, 0.25) is 5.96 Å². The first-order valence-electron chi connectivity index (χ1n) is 7.46. The Morgan fingerprint density at radius 1 is 1.28 bits per heavy atom. The molecule has 7 heteroatoms. The van der Waals surface area contributed by atoms with Crippen LogP contribution in [0.2, 0.25) is 0 Å². The number of aryl methyl sites for hydroxylation is 1. The maximum atomic E-state index is 12.3. The van der Waals surface area contributed by atoms with Gasteiger partial charge in [-0.1, -0.05) is 0 Å². The van der Waals surface area contributed by atoms with Crippen molar-refractivity contribution in [1.29, 1.82) is 0 Å². The lowest BCUT2D eigenvalue weighted by Gasteiger charge is -2.05. The van der Waals surface area contributed by atoms with Gasteiger partial charge in [0.05, 0.1) is 16.3 Å². The Morgan fingerprint density at radius 2 is 2.12 bits per heavy atom. The van der Waals surface area contributed by atoms with Crippen LogP contribution in [0.5, 0.6) is 0 Å². The SMILES string of the molecule is C=NC(=Nc1ccc2oc(C)cc2c1)NC(=O)c1ccc(SC)nc1. The molecule has 0 radical (unpaired) electrons. The summed E-state index contributed by atoms with van der Waals surface area (Å²) in [5.41, 5.74) is 1.86. The third-order valence-electron chi connectivity index (χ3n) is 3.44. The molecule has 0 atom stereocenters. The molecule has 6 nitrogen and oxygen atoms in total. The molecule has 0 bridgehead atoms. The van der Waals surface area contributed by atoms with Gasteiger partial charge in [-0.05, 0) is 56.3 Å². The summed E-state index contributed by atoms with van der Waals surface area (Å²) in [4.78, 5) is 24.6. The van der Waals surface area contributed by atoms with Crippen LogP contribution in [0, 0.1) is 6.92 Å². The van der Waals surface area contributed by atoms with Crippen LogP contribution in [0.1, 0.15) is 16.1 Å². The van der Waals surface area contributed by atoms with Gasteiger partial charge in [0.15, 0.2) is 0 Å². The van der Waals surface area contributed by atoms with Gasteiger partial charge in [-0.2, -0.15) is 0 Å². The number of rotatable bonds is 3. The van der Waals surface area contributed by atoms with Crippen LogP contribution in [0.15, 0.2) is 62.0 Å². The van der Waals surface area contributed by atoms with E-state index in [9.17, 15) is 4.79 Å². The monoisotopic (exact) mass is 352 g/mol. The lowest BCUT2D eigenvalue weighted by atomic mass is 10.2. The van der Waals surface area contributed by atoms with Gasteiger partial charge in [0.1, 0.15) is 11.3 Å². The highest BCUT2D eigenvalue weighted by molar-refractivity contribution is 7.98. The Balaban J connectivity index is 1.80. The van der Waals surface area contributed by atoms with Crippen molar-refractivity contribution in [2.45, 2.75) is 11.9 Å². The number of aromatic nitrogens is 1. The first kappa shape index (κ1) is 16.9. The number of fused-ring (bicyclic) bond motifs is 1. The van der Waals surface area contributed by atoms with E-state index in [0.29, 0.717) is 11.3 Å². The van der Waals surface area contributed by atoms with Crippen LogP contribution in [-0.2, 0) is 0 Å². The highest BCUT2D eigenvalue weighted by Crippen LogP contribution is 2.24. The van der Waals surface area contributed by atoms with E-state index in [-0.39, 0.29) is 11.9 Å². The van der Waals surface area contributed by atoms with Gasteiger partial charge >= 0.3 is 0 Å². The second-order valence-electron chi connectivity index (χ2n) is 5.22. The third-order valence-corrected chi connectivity index (χ3v) is 4.10. The van der Waals surface area contributed by atoms with Crippen LogP contribution in [-0.4, -0.2) is 29.8 Å². The molecule has 1 N–H and O–H groups in total. The molecular weight excluding hydrogens is 336 g/mol. The summed E-state index contributed by atoms with van der Waals surface area (Å²) in [5, 5.41) is 4.41. The number of benzene rings is 1.